The maximum absolute atomic E-state index is 5.63. The fourth-order valence-corrected chi connectivity index (χ4v) is 1.90. The molecule has 0 bridgehead atoms. The molecule has 0 radical (unpaired) electrons. The zero-order valence-electron chi connectivity index (χ0n) is 12.4. The van der Waals surface area contributed by atoms with E-state index in [1.54, 1.807) is 0 Å². The topological polar surface area (TPSA) is 34.1 Å². The molecular weight excluding hydrogens is 236 g/mol. The Morgan fingerprint density at radius 2 is 1.95 bits per heavy atom. The van der Waals surface area contributed by atoms with Gasteiger partial charge in [0, 0.05) is 31.0 Å². The van der Waals surface area contributed by atoms with Crippen LogP contribution in [0.1, 0.15) is 45.2 Å². The first kappa shape index (κ1) is 16.1. The molecule has 0 fully saturated rings. The normalized spacial score (nSPS) is 11.1. The van der Waals surface area contributed by atoms with Gasteiger partial charge in [0.15, 0.2) is 0 Å². The average molecular weight is 264 g/mol. The highest BCUT2D eigenvalue weighted by Crippen LogP contribution is 2.01. The van der Waals surface area contributed by atoms with Crippen LogP contribution in [0.15, 0.2) is 24.4 Å². The first-order chi connectivity index (χ1) is 9.29. The van der Waals surface area contributed by atoms with Crippen LogP contribution in [-0.4, -0.2) is 30.8 Å². The van der Waals surface area contributed by atoms with E-state index >= 15 is 0 Å². The second kappa shape index (κ2) is 10.9. The molecule has 0 amide bonds. The number of ether oxygens (including phenoxy) is 1. The third-order valence-corrected chi connectivity index (χ3v) is 3.00. The highest BCUT2D eigenvalue weighted by Gasteiger charge is 1.95. The molecule has 0 aromatic carbocycles. The molecule has 0 aliphatic carbocycles. The lowest BCUT2D eigenvalue weighted by Gasteiger charge is -2.07. The van der Waals surface area contributed by atoms with Gasteiger partial charge in [0.2, 0.25) is 0 Å². The molecule has 1 N–H and O–H groups in total. The van der Waals surface area contributed by atoms with Crippen molar-refractivity contribution in [1.29, 1.82) is 0 Å². The fraction of sp³-hybridized carbons (Fsp3) is 0.688. The molecule has 3 heteroatoms. The third-order valence-electron chi connectivity index (χ3n) is 3.00. The van der Waals surface area contributed by atoms with Crippen LogP contribution in [0.2, 0.25) is 0 Å². The van der Waals surface area contributed by atoms with E-state index < -0.39 is 0 Å². The Balaban J connectivity index is 1.81. The van der Waals surface area contributed by atoms with Gasteiger partial charge in [0.05, 0.1) is 6.61 Å². The summed E-state index contributed by atoms with van der Waals surface area (Å²) in [6.45, 7) is 7.18. The summed E-state index contributed by atoms with van der Waals surface area (Å²) in [4.78, 5) is 4.27. The molecule has 108 valence electrons. The van der Waals surface area contributed by atoms with Gasteiger partial charge in [0.1, 0.15) is 0 Å². The van der Waals surface area contributed by atoms with Gasteiger partial charge in [0.25, 0.3) is 0 Å². The number of nitrogens with zero attached hydrogens (tertiary/aromatic N) is 1. The zero-order valence-corrected chi connectivity index (χ0v) is 12.4. The summed E-state index contributed by atoms with van der Waals surface area (Å²) in [7, 11) is 0. The average Bonchev–Trinajstić information content (AvgIpc) is 2.42. The minimum absolute atomic E-state index is 0.606. The summed E-state index contributed by atoms with van der Waals surface area (Å²) in [6.07, 6.45) is 7.75. The van der Waals surface area contributed by atoms with Crippen molar-refractivity contribution < 1.29 is 4.74 Å². The van der Waals surface area contributed by atoms with Gasteiger partial charge < -0.3 is 10.1 Å². The van der Waals surface area contributed by atoms with Crippen LogP contribution in [0.4, 0.5) is 0 Å². The lowest BCUT2D eigenvalue weighted by atomic mass is 10.2. The summed E-state index contributed by atoms with van der Waals surface area (Å²) >= 11 is 0. The minimum Gasteiger partial charge on any atom is -0.381 e. The number of nitrogens with one attached hydrogen (secondary N) is 1. The molecule has 0 saturated carbocycles. The Bertz CT molecular complexity index is 301. The van der Waals surface area contributed by atoms with Crippen LogP contribution in [0.5, 0.6) is 0 Å². The quantitative estimate of drug-likeness (QED) is 0.623. The summed E-state index contributed by atoms with van der Waals surface area (Å²) < 4.78 is 5.63. The van der Waals surface area contributed by atoms with Gasteiger partial charge in [-0.1, -0.05) is 32.8 Å². The van der Waals surface area contributed by atoms with Crippen molar-refractivity contribution >= 4 is 0 Å². The highest BCUT2D eigenvalue weighted by molar-refractivity contribution is 5.03. The summed E-state index contributed by atoms with van der Waals surface area (Å²) in [5.41, 5.74) is 1.11. The second-order valence-corrected chi connectivity index (χ2v) is 5.21. The molecule has 0 atom stereocenters. The molecule has 1 heterocycles. The van der Waals surface area contributed by atoms with E-state index in [9.17, 15) is 0 Å². The number of hydrogen-bond donors (Lipinski definition) is 1. The molecule has 0 saturated heterocycles. The summed E-state index contributed by atoms with van der Waals surface area (Å²) in [5.74, 6) is 0. The maximum atomic E-state index is 5.63. The van der Waals surface area contributed by atoms with Crippen molar-refractivity contribution in [3.05, 3.63) is 30.1 Å². The van der Waals surface area contributed by atoms with Crippen molar-refractivity contribution in [2.75, 3.05) is 19.8 Å². The van der Waals surface area contributed by atoms with Gasteiger partial charge in [-0.05, 0) is 31.5 Å². The second-order valence-electron chi connectivity index (χ2n) is 5.21. The molecule has 19 heavy (non-hydrogen) atoms. The van der Waals surface area contributed by atoms with Crippen LogP contribution in [0.3, 0.4) is 0 Å². The fourth-order valence-electron chi connectivity index (χ4n) is 1.90. The van der Waals surface area contributed by atoms with Crippen molar-refractivity contribution in [3.63, 3.8) is 0 Å². The van der Waals surface area contributed by atoms with E-state index in [4.69, 9.17) is 4.74 Å². The molecule has 1 aromatic heterocycles. The Labute approximate surface area is 117 Å². The Hall–Kier alpha value is -0.930. The van der Waals surface area contributed by atoms with Crippen LogP contribution in [0, 0.1) is 0 Å². The van der Waals surface area contributed by atoms with Crippen LogP contribution in [0.25, 0.3) is 0 Å². The Morgan fingerprint density at radius 3 is 2.68 bits per heavy atom. The van der Waals surface area contributed by atoms with Crippen LogP contribution < -0.4 is 5.32 Å². The lowest BCUT2D eigenvalue weighted by Crippen LogP contribution is -2.23. The standard InChI is InChI=1S/C16H28N2O/c1-15(2)17-11-6-3-4-8-13-19-14-10-16-9-5-7-12-18-16/h5,7,9,12,15,17H,3-4,6,8,10-11,13-14H2,1-2H3. The van der Waals surface area contributed by atoms with Gasteiger partial charge in [-0.3, -0.25) is 4.98 Å². The smallest absolute Gasteiger partial charge is 0.0521 e. The molecule has 0 unspecified atom stereocenters. The van der Waals surface area contributed by atoms with Crippen LogP contribution in [-0.2, 0) is 11.2 Å². The largest absolute Gasteiger partial charge is 0.381 e. The first-order valence-electron chi connectivity index (χ1n) is 7.50. The van der Waals surface area contributed by atoms with E-state index in [-0.39, 0.29) is 0 Å². The Morgan fingerprint density at radius 1 is 1.11 bits per heavy atom. The maximum Gasteiger partial charge on any atom is 0.0521 e. The van der Waals surface area contributed by atoms with Crippen molar-refractivity contribution in [2.24, 2.45) is 0 Å². The van der Waals surface area contributed by atoms with E-state index in [1.807, 2.05) is 24.4 Å². The first-order valence-corrected chi connectivity index (χ1v) is 7.50. The third kappa shape index (κ3) is 9.62. The number of hydrogen-bond acceptors (Lipinski definition) is 3. The van der Waals surface area contributed by atoms with Gasteiger partial charge in [-0.25, -0.2) is 0 Å². The molecule has 1 aromatic rings. The predicted octanol–water partition coefficient (Wildman–Crippen LogP) is 3.20. The number of aromatic nitrogens is 1. The van der Waals surface area contributed by atoms with E-state index in [0.29, 0.717) is 6.04 Å². The SMILES string of the molecule is CC(C)NCCCCCCOCCc1ccccn1. The molecule has 1 rings (SSSR count). The van der Waals surface area contributed by atoms with Crippen molar-refractivity contribution in [1.82, 2.24) is 10.3 Å². The number of rotatable bonds is 11. The van der Waals surface area contributed by atoms with E-state index in [0.717, 1.165) is 31.9 Å². The molecule has 3 nitrogen and oxygen atoms in total. The van der Waals surface area contributed by atoms with Crippen molar-refractivity contribution in [3.8, 4) is 0 Å². The lowest BCUT2D eigenvalue weighted by molar-refractivity contribution is 0.132. The molecule has 0 aliphatic rings. The van der Waals surface area contributed by atoms with Crippen LogP contribution >= 0.6 is 0 Å². The van der Waals surface area contributed by atoms with E-state index in [2.05, 4.69) is 24.1 Å². The number of pyridine rings is 1. The molecular formula is C16H28N2O. The zero-order chi connectivity index (χ0) is 13.8. The minimum atomic E-state index is 0.606. The van der Waals surface area contributed by atoms with Gasteiger partial charge in [-0.15, -0.1) is 0 Å². The summed E-state index contributed by atoms with van der Waals surface area (Å²) in [5, 5.41) is 3.44. The monoisotopic (exact) mass is 264 g/mol. The highest BCUT2D eigenvalue weighted by atomic mass is 16.5. The number of unbranched alkanes of at least 4 members (excludes halogenated alkanes) is 3. The van der Waals surface area contributed by atoms with Crippen molar-refractivity contribution in [2.45, 2.75) is 52.0 Å². The van der Waals surface area contributed by atoms with E-state index in [1.165, 1.54) is 25.7 Å². The Kier molecular flexibility index (Phi) is 9.29. The molecule has 0 spiro atoms. The molecule has 0 aliphatic heterocycles. The van der Waals surface area contributed by atoms with Gasteiger partial charge in [-0.2, -0.15) is 0 Å². The summed E-state index contributed by atoms with van der Waals surface area (Å²) in [6, 6.07) is 6.62. The van der Waals surface area contributed by atoms with Gasteiger partial charge >= 0.3 is 0 Å². The predicted molar refractivity (Wildman–Crippen MR) is 80.4 cm³/mol.